The van der Waals surface area contributed by atoms with E-state index in [-0.39, 0.29) is 5.91 Å². The van der Waals surface area contributed by atoms with Crippen molar-refractivity contribution in [2.45, 2.75) is 25.3 Å². The number of piperidine rings is 1. The Hall–Kier alpha value is -3.09. The lowest BCUT2D eigenvalue weighted by Crippen LogP contribution is -2.38. The third kappa shape index (κ3) is 3.46. The van der Waals surface area contributed by atoms with Gasteiger partial charge in [-0.1, -0.05) is 30.3 Å². The summed E-state index contributed by atoms with van der Waals surface area (Å²) in [5.74, 6) is 1.26. The van der Waals surface area contributed by atoms with E-state index in [1.54, 1.807) is 18.7 Å². The predicted molar refractivity (Wildman–Crippen MR) is 95.5 cm³/mol. The highest BCUT2D eigenvalue weighted by molar-refractivity contribution is 5.92. The number of hydrogen-bond acceptors (Lipinski definition) is 5. The second-order valence-corrected chi connectivity index (χ2v) is 6.46. The van der Waals surface area contributed by atoms with E-state index < -0.39 is 0 Å². The van der Waals surface area contributed by atoms with Crippen LogP contribution in [0.15, 0.2) is 55.2 Å². The maximum Gasteiger partial charge on any atom is 0.274 e. The van der Waals surface area contributed by atoms with Crippen molar-refractivity contribution in [1.29, 1.82) is 0 Å². The van der Waals surface area contributed by atoms with Gasteiger partial charge in [-0.2, -0.15) is 0 Å². The van der Waals surface area contributed by atoms with Crippen molar-refractivity contribution in [2.75, 3.05) is 13.1 Å². The number of carbonyl (C=O) groups excluding carboxylic acids is 1. The Balaban J connectivity index is 1.41. The summed E-state index contributed by atoms with van der Waals surface area (Å²) in [5, 5.41) is 8.46. The number of carbonyl (C=O) groups is 1. The van der Waals surface area contributed by atoms with Crippen molar-refractivity contribution in [3.8, 4) is 0 Å². The quantitative estimate of drug-likeness (QED) is 0.722. The lowest BCUT2D eigenvalue weighted by Gasteiger charge is -2.31. The Kier molecular flexibility index (Phi) is 4.68. The molecule has 1 amide bonds. The molecule has 2 aromatic heterocycles. The molecule has 1 saturated heterocycles. The van der Waals surface area contributed by atoms with Gasteiger partial charge in [0.2, 0.25) is 0 Å². The van der Waals surface area contributed by atoms with Crippen LogP contribution in [0.3, 0.4) is 0 Å². The second kappa shape index (κ2) is 7.43. The van der Waals surface area contributed by atoms with E-state index in [1.165, 1.54) is 11.8 Å². The average Bonchev–Trinajstić information content (AvgIpc) is 3.17. The molecule has 1 fully saturated rings. The van der Waals surface area contributed by atoms with Gasteiger partial charge in [0.15, 0.2) is 0 Å². The third-order valence-electron chi connectivity index (χ3n) is 4.77. The third-order valence-corrected chi connectivity index (χ3v) is 4.77. The molecule has 3 heterocycles. The van der Waals surface area contributed by atoms with Gasteiger partial charge in [-0.15, -0.1) is 10.2 Å². The van der Waals surface area contributed by atoms with E-state index in [1.807, 2.05) is 23.1 Å². The van der Waals surface area contributed by atoms with E-state index in [2.05, 4.69) is 36.9 Å². The molecule has 0 spiro atoms. The van der Waals surface area contributed by atoms with Gasteiger partial charge >= 0.3 is 0 Å². The molecule has 1 aliphatic heterocycles. The van der Waals surface area contributed by atoms with Crippen LogP contribution in [0.25, 0.3) is 0 Å². The molecule has 0 bridgehead atoms. The lowest BCUT2D eigenvalue weighted by molar-refractivity contribution is 0.0704. The molecule has 0 atom stereocenters. The normalized spacial score (nSPS) is 15.2. The maximum atomic E-state index is 12.5. The lowest BCUT2D eigenvalue weighted by atomic mass is 9.95. The Morgan fingerprint density at radius 2 is 1.92 bits per heavy atom. The average molecular weight is 348 g/mol. The van der Waals surface area contributed by atoms with Crippen molar-refractivity contribution >= 4 is 5.91 Å². The minimum Gasteiger partial charge on any atom is -0.337 e. The van der Waals surface area contributed by atoms with Crippen molar-refractivity contribution in [3.05, 3.63) is 72.3 Å². The summed E-state index contributed by atoms with van der Waals surface area (Å²) in [6.45, 7) is 2.15. The fraction of sp³-hybridized carbons (Fsp3) is 0.316. The van der Waals surface area contributed by atoms with Gasteiger partial charge < -0.3 is 9.47 Å². The fourth-order valence-corrected chi connectivity index (χ4v) is 3.39. The van der Waals surface area contributed by atoms with Crippen LogP contribution in [0.2, 0.25) is 0 Å². The van der Waals surface area contributed by atoms with Gasteiger partial charge in [0, 0.05) is 31.4 Å². The molecule has 4 rings (SSSR count). The first-order valence-corrected chi connectivity index (χ1v) is 8.78. The Morgan fingerprint density at radius 3 is 2.65 bits per heavy atom. The summed E-state index contributed by atoms with van der Waals surface area (Å²) >= 11 is 0. The molecule has 0 N–H and O–H groups in total. The Labute approximate surface area is 151 Å². The molecule has 1 aromatic carbocycles. The molecule has 26 heavy (non-hydrogen) atoms. The summed E-state index contributed by atoms with van der Waals surface area (Å²) in [6, 6.07) is 10.3. The van der Waals surface area contributed by atoms with Crippen molar-refractivity contribution in [3.63, 3.8) is 0 Å². The highest BCUT2D eigenvalue weighted by Gasteiger charge is 2.28. The molecular formula is C19H20N6O. The molecule has 0 aliphatic carbocycles. The predicted octanol–water partition coefficient (Wildman–Crippen LogP) is 2.14. The number of hydrogen-bond donors (Lipinski definition) is 0. The molecule has 1 aliphatic rings. The molecular weight excluding hydrogens is 328 g/mol. The second-order valence-electron chi connectivity index (χ2n) is 6.46. The van der Waals surface area contributed by atoms with Gasteiger partial charge in [0.1, 0.15) is 17.8 Å². The zero-order chi connectivity index (χ0) is 17.8. The zero-order valence-corrected chi connectivity index (χ0v) is 14.4. The summed E-state index contributed by atoms with van der Waals surface area (Å²) in [5.41, 5.74) is 1.63. The molecule has 7 nitrogen and oxygen atoms in total. The topological polar surface area (TPSA) is 76.8 Å². The van der Waals surface area contributed by atoms with E-state index in [0.29, 0.717) is 24.7 Å². The number of amides is 1. The molecule has 132 valence electrons. The number of aromatic nitrogens is 5. The van der Waals surface area contributed by atoms with Crippen LogP contribution in [0.4, 0.5) is 0 Å². The molecule has 7 heteroatoms. The van der Waals surface area contributed by atoms with Gasteiger partial charge in [-0.05, 0) is 18.4 Å². The van der Waals surface area contributed by atoms with Crippen LogP contribution < -0.4 is 0 Å². The summed E-state index contributed by atoms with van der Waals surface area (Å²) in [7, 11) is 0. The van der Waals surface area contributed by atoms with Crippen molar-refractivity contribution < 1.29 is 4.79 Å². The van der Waals surface area contributed by atoms with Crippen LogP contribution in [-0.4, -0.2) is 48.6 Å². The highest BCUT2D eigenvalue weighted by atomic mass is 16.2. The smallest absolute Gasteiger partial charge is 0.274 e. The minimum atomic E-state index is -0.0534. The van der Waals surface area contributed by atoms with Gasteiger partial charge in [-0.3, -0.25) is 9.78 Å². The molecule has 3 aromatic rings. The first-order valence-electron chi connectivity index (χ1n) is 8.78. The van der Waals surface area contributed by atoms with Crippen LogP contribution >= 0.6 is 0 Å². The number of rotatable bonds is 4. The van der Waals surface area contributed by atoms with E-state index in [0.717, 1.165) is 25.2 Å². The molecule has 0 radical (unpaired) electrons. The SMILES string of the molecule is O=C(c1cnccn1)N1CCC(c2nncn2Cc2ccccc2)CC1. The Morgan fingerprint density at radius 1 is 1.12 bits per heavy atom. The number of benzene rings is 1. The Bertz CT molecular complexity index is 856. The van der Waals surface area contributed by atoms with Crippen LogP contribution in [0.5, 0.6) is 0 Å². The number of nitrogens with zero attached hydrogens (tertiary/aromatic N) is 6. The summed E-state index contributed by atoms with van der Waals surface area (Å²) in [6.07, 6.45) is 8.18. The minimum absolute atomic E-state index is 0.0534. The van der Waals surface area contributed by atoms with Crippen LogP contribution in [0, 0.1) is 0 Å². The zero-order valence-electron chi connectivity index (χ0n) is 14.4. The van der Waals surface area contributed by atoms with Gasteiger partial charge in [0.05, 0.1) is 12.7 Å². The standard InChI is InChI=1S/C19H20N6O/c26-19(17-12-20-8-9-21-17)24-10-6-16(7-11-24)18-23-22-14-25(18)13-15-4-2-1-3-5-15/h1-5,8-9,12,14,16H,6-7,10-11,13H2. The highest BCUT2D eigenvalue weighted by Crippen LogP contribution is 2.27. The summed E-state index contributed by atoms with van der Waals surface area (Å²) in [4.78, 5) is 22.4. The van der Waals surface area contributed by atoms with Crippen molar-refractivity contribution in [2.24, 2.45) is 0 Å². The van der Waals surface area contributed by atoms with Gasteiger partial charge in [-0.25, -0.2) is 4.98 Å². The molecule has 0 saturated carbocycles. The van der Waals surface area contributed by atoms with Gasteiger partial charge in [0.25, 0.3) is 5.91 Å². The monoisotopic (exact) mass is 348 g/mol. The first-order chi connectivity index (χ1) is 12.8. The van der Waals surface area contributed by atoms with E-state index in [4.69, 9.17) is 0 Å². The largest absolute Gasteiger partial charge is 0.337 e. The summed E-state index contributed by atoms with van der Waals surface area (Å²) < 4.78 is 2.11. The van der Waals surface area contributed by atoms with E-state index in [9.17, 15) is 4.79 Å². The van der Waals surface area contributed by atoms with Crippen LogP contribution in [-0.2, 0) is 6.54 Å². The number of likely N-dealkylation sites (tertiary alicyclic amines) is 1. The van der Waals surface area contributed by atoms with Crippen molar-refractivity contribution in [1.82, 2.24) is 29.6 Å². The maximum absolute atomic E-state index is 12.5. The molecule has 0 unspecified atom stereocenters. The van der Waals surface area contributed by atoms with Crippen LogP contribution in [0.1, 0.15) is 40.6 Å². The van der Waals surface area contributed by atoms with E-state index >= 15 is 0 Å². The first kappa shape index (κ1) is 16.4. The fourth-order valence-electron chi connectivity index (χ4n) is 3.39.